The van der Waals surface area contributed by atoms with Crippen molar-refractivity contribution >= 4 is 22.6 Å². The van der Waals surface area contributed by atoms with Gasteiger partial charge in [-0.3, -0.25) is 0 Å². The molecule has 0 bridgehead atoms. The highest BCUT2D eigenvalue weighted by Gasteiger charge is 2.13. The Balaban J connectivity index is 2.00. The van der Waals surface area contributed by atoms with Gasteiger partial charge in [0, 0.05) is 26.1 Å². The van der Waals surface area contributed by atoms with E-state index in [1.54, 1.807) is 13.3 Å². The first kappa shape index (κ1) is 14.0. The van der Waals surface area contributed by atoms with Crippen LogP contribution >= 0.6 is 11.6 Å². The number of halogens is 2. The maximum atomic E-state index is 13.7. The van der Waals surface area contributed by atoms with Crippen molar-refractivity contribution in [2.24, 2.45) is 7.05 Å². The molecule has 2 aromatic heterocycles. The average Bonchev–Trinajstić information content (AvgIpc) is 3.01. The van der Waals surface area contributed by atoms with Gasteiger partial charge in [-0.2, -0.15) is 0 Å². The summed E-state index contributed by atoms with van der Waals surface area (Å²) in [6.07, 6.45) is 2.38. The third-order valence-electron chi connectivity index (χ3n) is 3.59. The van der Waals surface area contributed by atoms with Gasteiger partial charge in [-0.15, -0.1) is 21.8 Å². The van der Waals surface area contributed by atoms with Crippen LogP contribution in [0.1, 0.15) is 17.2 Å². The molecule has 0 atom stereocenters. The summed E-state index contributed by atoms with van der Waals surface area (Å²) in [6, 6.07) is 3.27. The Morgan fingerprint density at radius 2 is 2.10 bits per heavy atom. The van der Waals surface area contributed by atoms with Crippen LogP contribution in [-0.2, 0) is 25.9 Å². The van der Waals surface area contributed by atoms with Gasteiger partial charge in [0.1, 0.15) is 23.8 Å². The molecule has 0 saturated heterocycles. The number of hydrogen-bond donors (Lipinski definition) is 0. The molecule has 7 heteroatoms. The van der Waals surface area contributed by atoms with E-state index in [9.17, 15) is 4.39 Å². The number of fused-ring (bicyclic) bond motifs is 1. The third kappa shape index (κ3) is 2.51. The number of imidazole rings is 1. The molecule has 21 heavy (non-hydrogen) atoms. The molecule has 0 N–H and O–H groups in total. The van der Waals surface area contributed by atoms with Crippen LogP contribution < -0.4 is 0 Å². The molecule has 3 aromatic rings. The van der Waals surface area contributed by atoms with Crippen molar-refractivity contribution in [2.75, 3.05) is 0 Å². The van der Waals surface area contributed by atoms with Crippen molar-refractivity contribution in [1.82, 2.24) is 24.3 Å². The van der Waals surface area contributed by atoms with E-state index in [1.165, 1.54) is 6.07 Å². The van der Waals surface area contributed by atoms with Gasteiger partial charge < -0.3 is 9.13 Å². The first-order valence-electron chi connectivity index (χ1n) is 6.64. The summed E-state index contributed by atoms with van der Waals surface area (Å²) in [7, 11) is 1.91. The molecule has 0 amide bonds. The normalized spacial score (nSPS) is 11.4. The number of nitrogens with zero attached hydrogens (tertiary/aromatic N) is 5. The van der Waals surface area contributed by atoms with E-state index in [1.807, 2.05) is 22.2 Å². The van der Waals surface area contributed by atoms with Crippen LogP contribution in [0.2, 0.25) is 0 Å². The minimum atomic E-state index is -0.249. The van der Waals surface area contributed by atoms with Crippen LogP contribution in [0.15, 0.2) is 18.5 Å². The molecule has 1 aromatic carbocycles. The van der Waals surface area contributed by atoms with E-state index in [-0.39, 0.29) is 11.7 Å². The van der Waals surface area contributed by atoms with Gasteiger partial charge in [0.2, 0.25) is 0 Å². The molecule has 5 nitrogen and oxygen atoms in total. The zero-order chi connectivity index (χ0) is 15.0. The summed E-state index contributed by atoms with van der Waals surface area (Å²) in [4.78, 5) is 4.40. The summed E-state index contributed by atoms with van der Waals surface area (Å²) in [5.41, 5.74) is 2.13. The number of aromatic nitrogens is 5. The van der Waals surface area contributed by atoms with Gasteiger partial charge >= 0.3 is 0 Å². The molecule has 2 heterocycles. The van der Waals surface area contributed by atoms with Crippen molar-refractivity contribution in [3.05, 3.63) is 41.5 Å². The van der Waals surface area contributed by atoms with Gasteiger partial charge in [-0.25, -0.2) is 9.37 Å². The van der Waals surface area contributed by atoms with Crippen molar-refractivity contribution in [1.29, 1.82) is 0 Å². The molecule has 0 aliphatic rings. The first-order valence-corrected chi connectivity index (χ1v) is 7.17. The molecule has 0 unspecified atom stereocenters. The number of benzene rings is 1. The van der Waals surface area contributed by atoms with Gasteiger partial charge in [0.05, 0.1) is 16.9 Å². The Kier molecular flexibility index (Phi) is 3.63. The van der Waals surface area contributed by atoms with E-state index in [0.717, 1.165) is 17.2 Å². The Bertz CT molecular complexity index is 792. The highest BCUT2D eigenvalue weighted by atomic mass is 35.5. The highest BCUT2D eigenvalue weighted by molar-refractivity contribution is 6.16. The molecule has 0 aliphatic carbocycles. The minimum Gasteiger partial charge on any atom is -0.327 e. The van der Waals surface area contributed by atoms with Gasteiger partial charge in [-0.05, 0) is 18.6 Å². The molecule has 0 radical (unpaired) electrons. The summed E-state index contributed by atoms with van der Waals surface area (Å²) >= 11 is 5.96. The SMILES string of the molecule is Cc1cc2c(cc1F)nc(CCl)n2CCc1nncn1C. The van der Waals surface area contributed by atoms with Crippen molar-refractivity contribution in [2.45, 2.75) is 25.8 Å². The highest BCUT2D eigenvalue weighted by Crippen LogP contribution is 2.21. The largest absolute Gasteiger partial charge is 0.327 e. The van der Waals surface area contributed by atoms with Crippen LogP contribution in [-0.4, -0.2) is 24.3 Å². The zero-order valence-electron chi connectivity index (χ0n) is 11.8. The van der Waals surface area contributed by atoms with E-state index in [4.69, 9.17) is 11.6 Å². The molecular weight excluding hydrogens is 293 g/mol. The lowest BCUT2D eigenvalue weighted by Gasteiger charge is -2.08. The Morgan fingerprint density at radius 1 is 1.29 bits per heavy atom. The molecule has 0 fully saturated rings. The van der Waals surface area contributed by atoms with Crippen LogP contribution in [0.25, 0.3) is 11.0 Å². The molecule has 0 aliphatic heterocycles. The van der Waals surface area contributed by atoms with Crippen molar-refractivity contribution in [3.8, 4) is 0 Å². The Labute approximate surface area is 126 Å². The summed E-state index contributed by atoms with van der Waals surface area (Å²) in [6.45, 7) is 2.42. The number of hydrogen-bond acceptors (Lipinski definition) is 3. The predicted molar refractivity (Wildman–Crippen MR) is 78.7 cm³/mol. The summed E-state index contributed by atoms with van der Waals surface area (Å²) in [5.74, 6) is 1.66. The number of alkyl halides is 1. The molecular formula is C14H15ClFN5. The van der Waals surface area contributed by atoms with Crippen LogP contribution in [0.3, 0.4) is 0 Å². The quantitative estimate of drug-likeness (QED) is 0.696. The molecule has 0 saturated carbocycles. The van der Waals surface area contributed by atoms with E-state index in [2.05, 4.69) is 15.2 Å². The lowest BCUT2D eigenvalue weighted by molar-refractivity contribution is 0.619. The third-order valence-corrected chi connectivity index (χ3v) is 3.83. The predicted octanol–water partition coefficient (Wildman–Crippen LogP) is 2.59. The van der Waals surface area contributed by atoms with Crippen LogP contribution in [0.5, 0.6) is 0 Å². The Hall–Kier alpha value is -1.95. The van der Waals surface area contributed by atoms with Crippen molar-refractivity contribution in [3.63, 3.8) is 0 Å². The second-order valence-electron chi connectivity index (χ2n) is 5.01. The molecule has 3 rings (SSSR count). The number of rotatable bonds is 4. The number of aryl methyl sites for hydroxylation is 4. The summed E-state index contributed by atoms with van der Waals surface area (Å²) in [5, 5.41) is 7.93. The average molecular weight is 308 g/mol. The maximum Gasteiger partial charge on any atom is 0.134 e. The molecule has 110 valence electrons. The maximum absolute atomic E-state index is 13.7. The topological polar surface area (TPSA) is 48.5 Å². The fourth-order valence-electron chi connectivity index (χ4n) is 2.40. The summed E-state index contributed by atoms with van der Waals surface area (Å²) < 4.78 is 17.5. The minimum absolute atomic E-state index is 0.249. The fourth-order valence-corrected chi connectivity index (χ4v) is 2.60. The van der Waals surface area contributed by atoms with E-state index in [0.29, 0.717) is 24.0 Å². The van der Waals surface area contributed by atoms with Gasteiger partial charge in [0.25, 0.3) is 0 Å². The lowest BCUT2D eigenvalue weighted by atomic mass is 10.2. The van der Waals surface area contributed by atoms with Crippen molar-refractivity contribution < 1.29 is 4.39 Å². The van der Waals surface area contributed by atoms with E-state index < -0.39 is 0 Å². The first-order chi connectivity index (χ1) is 10.1. The fraction of sp³-hybridized carbons (Fsp3) is 0.357. The smallest absolute Gasteiger partial charge is 0.134 e. The van der Waals surface area contributed by atoms with Crippen LogP contribution in [0.4, 0.5) is 4.39 Å². The second kappa shape index (κ2) is 5.44. The van der Waals surface area contributed by atoms with E-state index >= 15 is 0 Å². The second-order valence-corrected chi connectivity index (χ2v) is 5.28. The molecule has 0 spiro atoms. The monoisotopic (exact) mass is 307 g/mol. The zero-order valence-corrected chi connectivity index (χ0v) is 12.6. The lowest BCUT2D eigenvalue weighted by Crippen LogP contribution is -2.08. The standard InChI is InChI=1S/C14H15ClFN5/c1-9-5-12-11(6-10(9)16)18-14(7-15)21(12)4-3-13-19-17-8-20(13)2/h5-6,8H,3-4,7H2,1-2H3. The Morgan fingerprint density at radius 3 is 2.76 bits per heavy atom. The van der Waals surface area contributed by atoms with Gasteiger partial charge in [0.15, 0.2) is 0 Å². The van der Waals surface area contributed by atoms with Crippen LogP contribution in [0, 0.1) is 12.7 Å². The van der Waals surface area contributed by atoms with Gasteiger partial charge in [-0.1, -0.05) is 0 Å².